The Kier molecular flexibility index (Phi) is 5.54. The van der Waals surface area contributed by atoms with Crippen molar-refractivity contribution in [1.29, 1.82) is 0 Å². The summed E-state index contributed by atoms with van der Waals surface area (Å²) in [5, 5.41) is 2.65. The molecule has 2 rings (SSSR count). The Morgan fingerprint density at radius 3 is 2.52 bits per heavy atom. The Labute approximate surface area is 149 Å². The van der Waals surface area contributed by atoms with Gasteiger partial charge in [0.1, 0.15) is 11.9 Å². The third kappa shape index (κ3) is 4.80. The van der Waals surface area contributed by atoms with Gasteiger partial charge >= 0.3 is 6.09 Å². The number of alkyl carbamates (subject to hydrolysis) is 1. The number of aldehydes is 1. The van der Waals surface area contributed by atoms with Gasteiger partial charge in [0.2, 0.25) is 11.9 Å². The zero-order valence-electron chi connectivity index (χ0n) is 15.8. The van der Waals surface area contributed by atoms with E-state index in [1.807, 2.05) is 13.8 Å². The molecule has 2 atom stereocenters. The van der Waals surface area contributed by atoms with Crippen LogP contribution in [0.5, 0.6) is 0 Å². The molecule has 1 aliphatic carbocycles. The van der Waals surface area contributed by atoms with Crippen molar-refractivity contribution in [2.75, 3.05) is 6.54 Å². The average molecular weight is 351 g/mol. The quantitative estimate of drug-likeness (QED) is 0.771. The van der Waals surface area contributed by atoms with Crippen LogP contribution in [0.1, 0.15) is 60.3 Å². The van der Waals surface area contributed by atoms with Crippen molar-refractivity contribution in [2.45, 2.75) is 71.4 Å². The number of nitrogens with zero attached hydrogens (tertiary/aromatic N) is 2. The van der Waals surface area contributed by atoms with Gasteiger partial charge in [0.25, 0.3) is 0 Å². The Morgan fingerprint density at radius 1 is 1.40 bits per heavy atom. The highest BCUT2D eigenvalue weighted by Gasteiger charge is 2.44. The largest absolute Gasteiger partial charge is 0.444 e. The van der Waals surface area contributed by atoms with Crippen molar-refractivity contribution in [3.8, 4) is 0 Å². The second-order valence-electron chi connectivity index (χ2n) is 7.97. The number of rotatable bonds is 5. The monoisotopic (exact) mass is 351 g/mol. The lowest BCUT2D eigenvalue weighted by Crippen LogP contribution is -2.55. The lowest BCUT2D eigenvalue weighted by atomic mass is 9.88. The number of nitrogens with one attached hydrogen (secondary N) is 1. The van der Waals surface area contributed by atoms with Gasteiger partial charge in [-0.1, -0.05) is 13.8 Å². The highest BCUT2D eigenvalue weighted by atomic mass is 16.6. The van der Waals surface area contributed by atoms with Crippen LogP contribution in [0, 0.1) is 11.8 Å². The fraction of sp³-hybridized carbons (Fsp3) is 0.778. The molecule has 7 nitrogen and oxygen atoms in total. The summed E-state index contributed by atoms with van der Waals surface area (Å²) in [6, 6.07) is 0. The molecule has 1 N–H and O–H groups in total. The summed E-state index contributed by atoms with van der Waals surface area (Å²) < 4.78 is 5.30. The van der Waals surface area contributed by atoms with Crippen molar-refractivity contribution >= 4 is 24.2 Å². The average Bonchev–Trinajstić information content (AvgIpc) is 3.27. The first-order valence-electron chi connectivity index (χ1n) is 8.98. The third-order valence-corrected chi connectivity index (χ3v) is 4.88. The van der Waals surface area contributed by atoms with E-state index in [2.05, 4.69) is 5.32 Å². The van der Waals surface area contributed by atoms with Crippen LogP contribution < -0.4 is 5.32 Å². The zero-order valence-corrected chi connectivity index (χ0v) is 15.8. The van der Waals surface area contributed by atoms with E-state index >= 15 is 0 Å². The first-order valence-corrected chi connectivity index (χ1v) is 8.98. The highest BCUT2D eigenvalue weighted by Crippen LogP contribution is 2.38. The maximum Gasteiger partial charge on any atom is 0.414 e. The molecule has 140 valence electrons. The molecule has 0 bridgehead atoms. The molecule has 0 saturated heterocycles. The van der Waals surface area contributed by atoms with E-state index in [1.165, 1.54) is 4.90 Å². The van der Waals surface area contributed by atoms with Crippen molar-refractivity contribution in [3.05, 3.63) is 0 Å². The fourth-order valence-corrected chi connectivity index (χ4v) is 3.04. The van der Waals surface area contributed by atoms with Gasteiger partial charge in [0.15, 0.2) is 0 Å². The van der Waals surface area contributed by atoms with Gasteiger partial charge in [-0.3, -0.25) is 15.0 Å². The van der Waals surface area contributed by atoms with Crippen LogP contribution in [0.15, 0.2) is 4.99 Å². The topological polar surface area (TPSA) is 88.1 Å². The van der Waals surface area contributed by atoms with Crippen LogP contribution in [-0.4, -0.2) is 46.8 Å². The molecule has 1 unspecified atom stereocenters. The summed E-state index contributed by atoms with van der Waals surface area (Å²) in [6.07, 6.45) is 2.82. The van der Waals surface area contributed by atoms with E-state index in [9.17, 15) is 14.4 Å². The lowest BCUT2D eigenvalue weighted by molar-refractivity contribution is -0.130. The smallest absolute Gasteiger partial charge is 0.414 e. The van der Waals surface area contributed by atoms with Gasteiger partial charge in [0, 0.05) is 12.5 Å². The van der Waals surface area contributed by atoms with Crippen LogP contribution in [0.2, 0.25) is 0 Å². The van der Waals surface area contributed by atoms with Crippen LogP contribution >= 0.6 is 0 Å². The number of ether oxygens (including phenoxy) is 1. The predicted octanol–water partition coefficient (Wildman–Crippen LogP) is 2.49. The van der Waals surface area contributed by atoms with Crippen LogP contribution in [-0.2, 0) is 14.3 Å². The van der Waals surface area contributed by atoms with Crippen molar-refractivity contribution < 1.29 is 19.1 Å². The summed E-state index contributed by atoms with van der Waals surface area (Å²) in [6.45, 7) is 9.72. The molecule has 0 spiro atoms. The second kappa shape index (κ2) is 7.14. The minimum Gasteiger partial charge on any atom is -0.444 e. The molecule has 1 heterocycles. The SMILES string of the molecule is CCC1(CC)CC(=O)N(C[C@H]2CC2C=O)C(NC(=O)OC(C)(C)C)=N1. The number of aliphatic imine (C=N–C) groups is 1. The Bertz CT molecular complexity index is 575. The van der Waals surface area contributed by atoms with E-state index in [0.717, 1.165) is 12.7 Å². The van der Waals surface area contributed by atoms with Gasteiger partial charge in [-0.2, -0.15) is 0 Å². The maximum absolute atomic E-state index is 12.7. The van der Waals surface area contributed by atoms with E-state index < -0.39 is 17.2 Å². The molecule has 7 heteroatoms. The second-order valence-corrected chi connectivity index (χ2v) is 7.97. The summed E-state index contributed by atoms with van der Waals surface area (Å²) in [5.74, 6) is 0.314. The molecule has 1 fully saturated rings. The molecule has 25 heavy (non-hydrogen) atoms. The fourth-order valence-electron chi connectivity index (χ4n) is 3.04. The molecule has 2 aliphatic rings. The van der Waals surface area contributed by atoms with Gasteiger partial charge in [-0.15, -0.1) is 0 Å². The summed E-state index contributed by atoms with van der Waals surface area (Å²) in [4.78, 5) is 42.0. The first kappa shape index (κ1) is 19.4. The predicted molar refractivity (Wildman–Crippen MR) is 94.1 cm³/mol. The highest BCUT2D eigenvalue weighted by molar-refractivity contribution is 6.05. The van der Waals surface area contributed by atoms with Gasteiger partial charge < -0.3 is 9.53 Å². The number of carbonyl (C=O) groups is 3. The minimum atomic E-state index is -0.639. The Hall–Kier alpha value is -1.92. The van der Waals surface area contributed by atoms with E-state index in [1.54, 1.807) is 20.8 Å². The molecular formula is C18H29N3O4. The molecule has 1 aliphatic heterocycles. The van der Waals surface area contributed by atoms with Crippen LogP contribution in [0.25, 0.3) is 0 Å². The van der Waals surface area contributed by atoms with Gasteiger partial charge in [0.05, 0.1) is 12.0 Å². The molecule has 0 aromatic carbocycles. The normalized spacial score (nSPS) is 25.2. The Balaban J connectivity index is 2.22. The number of carbonyl (C=O) groups excluding carboxylic acids is 3. The van der Waals surface area contributed by atoms with E-state index in [4.69, 9.17) is 9.73 Å². The summed E-state index contributed by atoms with van der Waals surface area (Å²) in [7, 11) is 0. The summed E-state index contributed by atoms with van der Waals surface area (Å²) >= 11 is 0. The van der Waals surface area contributed by atoms with Gasteiger partial charge in [-0.25, -0.2) is 9.79 Å². The molecule has 0 aromatic heterocycles. The van der Waals surface area contributed by atoms with Crippen molar-refractivity contribution in [2.24, 2.45) is 16.8 Å². The maximum atomic E-state index is 12.7. The molecule has 0 radical (unpaired) electrons. The van der Waals surface area contributed by atoms with E-state index in [-0.39, 0.29) is 23.7 Å². The van der Waals surface area contributed by atoms with Gasteiger partial charge in [-0.05, 0) is 46.0 Å². The summed E-state index contributed by atoms with van der Waals surface area (Å²) in [5.41, 5.74) is -1.13. The standard InChI is InChI=1S/C18H29N3O4/c1-6-18(7-2)9-14(23)21(10-12-8-13(12)11-22)15(20-18)19-16(24)25-17(3,4)5/h11-13H,6-10H2,1-5H3,(H,19,20,24)/t12-,13?/m1/s1. The molecule has 2 amide bonds. The number of amides is 2. The third-order valence-electron chi connectivity index (χ3n) is 4.88. The molecule has 0 aromatic rings. The van der Waals surface area contributed by atoms with E-state index in [0.29, 0.717) is 25.8 Å². The lowest BCUT2D eigenvalue weighted by Gasteiger charge is -2.37. The van der Waals surface area contributed by atoms with Crippen LogP contribution in [0.4, 0.5) is 4.79 Å². The first-order chi connectivity index (χ1) is 11.6. The van der Waals surface area contributed by atoms with Crippen LogP contribution in [0.3, 0.4) is 0 Å². The minimum absolute atomic E-state index is 0.000361. The number of guanidine groups is 1. The number of hydrogen-bond donors (Lipinski definition) is 1. The number of hydrogen-bond acceptors (Lipinski definition) is 5. The zero-order chi connectivity index (χ0) is 18.8. The van der Waals surface area contributed by atoms with Crippen molar-refractivity contribution in [1.82, 2.24) is 10.2 Å². The van der Waals surface area contributed by atoms with Crippen molar-refractivity contribution in [3.63, 3.8) is 0 Å². The molecule has 1 saturated carbocycles. The Morgan fingerprint density at radius 2 is 2.04 bits per heavy atom. The molecular weight excluding hydrogens is 322 g/mol.